The highest BCUT2D eigenvalue weighted by atomic mass is 32.1. The molecule has 0 aliphatic carbocycles. The molecular weight excluding hydrogens is 270 g/mol. The van der Waals surface area contributed by atoms with Gasteiger partial charge in [0, 0.05) is 4.88 Å². The second-order valence-electron chi connectivity index (χ2n) is 3.14. The molecule has 102 valence electrons. The summed E-state index contributed by atoms with van der Waals surface area (Å²) in [6.45, 7) is 0. The van der Waals surface area contributed by atoms with Crippen molar-refractivity contribution in [3.05, 3.63) is 28.5 Å². The van der Waals surface area contributed by atoms with Crippen LogP contribution in [0.2, 0.25) is 0 Å². The lowest BCUT2D eigenvalue weighted by atomic mass is 10.5. The number of hydrogen-bond donors (Lipinski definition) is 1. The molecule has 2 aromatic heterocycles. The lowest BCUT2D eigenvalue weighted by Crippen LogP contribution is -2.20. The number of carbonyl (C=O) groups is 1. The lowest BCUT2D eigenvalue weighted by molar-refractivity contribution is -0.380. The number of anilines is 1. The number of aromatic carboxylic acids is 1. The Bertz CT molecular complexity index is 508. The number of ether oxygens (including phenoxy) is 2. The number of nitrogens with zero attached hydrogens (tertiary/aromatic N) is 1. The van der Waals surface area contributed by atoms with Gasteiger partial charge in [-0.3, -0.25) is 5.73 Å². The molecule has 0 saturated heterocycles. The first-order valence-corrected chi connectivity index (χ1v) is 5.97. The van der Waals surface area contributed by atoms with Crippen LogP contribution in [0, 0.1) is 0 Å². The Morgan fingerprint density at radius 3 is 2.63 bits per heavy atom. The van der Waals surface area contributed by atoms with Crippen LogP contribution in [0.4, 0.5) is 5.95 Å². The van der Waals surface area contributed by atoms with Crippen LogP contribution in [0.15, 0.2) is 23.6 Å². The predicted octanol–water partition coefficient (Wildman–Crippen LogP) is -0.393. The molecule has 0 bridgehead atoms. The Labute approximate surface area is 113 Å². The Kier molecular flexibility index (Phi) is 5.55. The summed E-state index contributed by atoms with van der Waals surface area (Å²) in [5.74, 6) is 0.119. The molecule has 3 N–H and O–H groups in total. The second kappa shape index (κ2) is 7.17. The molecule has 2 rings (SSSR count). The number of aromatic amines is 1. The summed E-state index contributed by atoms with van der Waals surface area (Å²) in [5.41, 5.74) is 5.38. The Morgan fingerprint density at radius 1 is 1.47 bits per heavy atom. The average Bonchev–Trinajstić information content (AvgIpc) is 2.92. The molecule has 0 unspecified atom stereocenters. The zero-order valence-electron chi connectivity index (χ0n) is 10.4. The highest BCUT2D eigenvalue weighted by Crippen LogP contribution is 2.10. The fourth-order valence-electron chi connectivity index (χ4n) is 1.06. The first-order chi connectivity index (χ1) is 9.06. The van der Waals surface area contributed by atoms with Crippen LogP contribution in [0.1, 0.15) is 9.67 Å². The van der Waals surface area contributed by atoms with Crippen LogP contribution in [-0.2, 0) is 0 Å². The number of hydrogen-bond acceptors (Lipinski definition) is 7. The van der Waals surface area contributed by atoms with Gasteiger partial charge in [0.15, 0.2) is 0 Å². The van der Waals surface area contributed by atoms with Crippen LogP contribution < -0.4 is 25.3 Å². The number of carboxylic acids is 1. The van der Waals surface area contributed by atoms with Crippen molar-refractivity contribution in [2.75, 3.05) is 20.0 Å². The summed E-state index contributed by atoms with van der Waals surface area (Å²) in [6, 6.07) is 4.80. The molecule has 0 aliphatic heterocycles. The van der Waals surface area contributed by atoms with E-state index in [-0.39, 0.29) is 10.8 Å². The van der Waals surface area contributed by atoms with Crippen LogP contribution >= 0.6 is 11.3 Å². The summed E-state index contributed by atoms with van der Waals surface area (Å²) < 4.78 is 9.73. The normalized spacial score (nSPS) is 9.16. The van der Waals surface area contributed by atoms with Gasteiger partial charge >= 0.3 is 5.95 Å². The maximum Gasteiger partial charge on any atom is 0.393 e. The van der Waals surface area contributed by atoms with E-state index >= 15 is 0 Å². The Morgan fingerprint density at radius 2 is 2.21 bits per heavy atom. The van der Waals surface area contributed by atoms with E-state index in [2.05, 4.69) is 9.97 Å². The number of H-pyrrole nitrogens is 1. The van der Waals surface area contributed by atoms with E-state index in [1.165, 1.54) is 31.6 Å². The largest absolute Gasteiger partial charge is 0.544 e. The first-order valence-electron chi connectivity index (χ1n) is 5.09. The number of nitrogens with one attached hydrogen (secondary N) is 1. The van der Waals surface area contributed by atoms with Gasteiger partial charge in [-0.1, -0.05) is 6.07 Å². The van der Waals surface area contributed by atoms with E-state index in [0.29, 0.717) is 11.8 Å². The molecule has 0 saturated carbocycles. The molecule has 2 heterocycles. The van der Waals surface area contributed by atoms with Crippen molar-refractivity contribution in [3.8, 4) is 11.8 Å². The molecule has 2 aromatic rings. The quantitative estimate of drug-likeness (QED) is 0.820. The first kappa shape index (κ1) is 14.7. The van der Waals surface area contributed by atoms with Crippen molar-refractivity contribution < 1.29 is 24.4 Å². The molecule has 0 atom stereocenters. The zero-order valence-corrected chi connectivity index (χ0v) is 11.2. The van der Waals surface area contributed by atoms with Gasteiger partial charge in [0.1, 0.15) is 0 Å². The molecule has 8 heteroatoms. The van der Waals surface area contributed by atoms with Crippen molar-refractivity contribution in [2.45, 2.75) is 0 Å². The fraction of sp³-hybridized carbons (Fsp3) is 0.182. The summed E-state index contributed by atoms with van der Waals surface area (Å²) >= 11 is 1.17. The highest BCUT2D eigenvalue weighted by Gasteiger charge is 2.07. The van der Waals surface area contributed by atoms with Gasteiger partial charge in [0.25, 0.3) is 11.8 Å². The van der Waals surface area contributed by atoms with Crippen LogP contribution in [-0.4, -0.2) is 25.2 Å². The molecule has 0 aromatic carbocycles. The van der Waals surface area contributed by atoms with Gasteiger partial charge in [-0.05, 0) is 16.4 Å². The summed E-state index contributed by atoms with van der Waals surface area (Å²) in [6.07, 6.45) is 0. The number of nitrogens with two attached hydrogens (primary N) is 1. The monoisotopic (exact) mass is 283 g/mol. The summed E-state index contributed by atoms with van der Waals surface area (Å²) in [7, 11) is 3.05. The molecule has 0 spiro atoms. The molecule has 0 radical (unpaired) electrons. The number of aromatic nitrogens is 2. The van der Waals surface area contributed by atoms with E-state index in [1.807, 2.05) is 0 Å². The van der Waals surface area contributed by atoms with Gasteiger partial charge in [-0.2, -0.15) is 0 Å². The van der Waals surface area contributed by atoms with Gasteiger partial charge in [0.05, 0.1) is 26.3 Å². The van der Waals surface area contributed by atoms with Crippen molar-refractivity contribution in [3.63, 3.8) is 0 Å². The maximum absolute atomic E-state index is 9.96. The molecule has 7 nitrogen and oxygen atoms in total. The van der Waals surface area contributed by atoms with Crippen molar-refractivity contribution in [1.82, 2.24) is 4.98 Å². The van der Waals surface area contributed by atoms with Crippen LogP contribution in [0.3, 0.4) is 0 Å². The third-order valence-electron chi connectivity index (χ3n) is 1.89. The van der Waals surface area contributed by atoms with E-state index in [1.54, 1.807) is 17.5 Å². The van der Waals surface area contributed by atoms with Gasteiger partial charge in [-0.25, -0.2) is 4.98 Å². The lowest BCUT2D eigenvalue weighted by Gasteiger charge is -1.97. The SMILES string of the molecule is COc1cc(OC)[nH+]c(N)n1.O=C([O-])c1cccs1. The smallest absolute Gasteiger partial charge is 0.393 e. The fourth-order valence-corrected chi connectivity index (χ4v) is 1.62. The summed E-state index contributed by atoms with van der Waals surface area (Å²) in [4.78, 5) is 16.8. The van der Waals surface area contributed by atoms with Gasteiger partial charge in [-0.15, -0.1) is 11.3 Å². The number of methoxy groups -OCH3 is 2. The van der Waals surface area contributed by atoms with Crippen molar-refractivity contribution in [1.29, 1.82) is 0 Å². The molecular formula is C11H13N3O4S. The Hall–Kier alpha value is -2.35. The predicted molar refractivity (Wildman–Crippen MR) is 67.0 cm³/mol. The molecule has 19 heavy (non-hydrogen) atoms. The highest BCUT2D eigenvalue weighted by molar-refractivity contribution is 7.11. The van der Waals surface area contributed by atoms with E-state index in [4.69, 9.17) is 15.2 Å². The van der Waals surface area contributed by atoms with Gasteiger partial charge in [0.2, 0.25) is 0 Å². The van der Waals surface area contributed by atoms with Gasteiger partial charge < -0.3 is 19.4 Å². The van der Waals surface area contributed by atoms with E-state index in [9.17, 15) is 9.90 Å². The maximum atomic E-state index is 9.96. The molecule has 0 fully saturated rings. The van der Waals surface area contributed by atoms with Crippen molar-refractivity contribution in [2.24, 2.45) is 0 Å². The van der Waals surface area contributed by atoms with Crippen molar-refractivity contribution >= 4 is 23.3 Å². The zero-order chi connectivity index (χ0) is 14.3. The topological polar surface area (TPSA) is 112 Å². The number of thiophene rings is 1. The third-order valence-corrected chi connectivity index (χ3v) is 2.74. The van der Waals surface area contributed by atoms with E-state index in [0.717, 1.165) is 0 Å². The molecule has 0 amide bonds. The minimum atomic E-state index is -1.10. The van der Waals surface area contributed by atoms with E-state index < -0.39 is 5.97 Å². The standard InChI is InChI=1S/C6H9N3O2.C5H4O2S/c1-10-4-3-5(11-2)9-6(7)8-4;6-5(7)4-2-1-3-8-4/h3H,1-2H3,(H2,7,8,9);1-3H,(H,6,7). The number of carboxylic acid groups (broad SMARTS) is 1. The van der Waals surface area contributed by atoms with Crippen LogP contribution in [0.5, 0.6) is 11.8 Å². The number of carbonyl (C=O) groups excluding carboxylic acids is 1. The third kappa shape index (κ3) is 4.80. The summed E-state index contributed by atoms with van der Waals surface area (Å²) in [5, 5.41) is 11.7. The Balaban J connectivity index is 0.000000200. The average molecular weight is 283 g/mol. The number of rotatable bonds is 3. The molecule has 0 aliphatic rings. The number of nitrogen functional groups attached to an aromatic ring is 1. The second-order valence-corrected chi connectivity index (χ2v) is 4.09. The minimum Gasteiger partial charge on any atom is -0.544 e. The minimum absolute atomic E-state index is 0.265. The van der Waals surface area contributed by atoms with Crippen LogP contribution in [0.25, 0.3) is 0 Å².